The van der Waals surface area contributed by atoms with Crippen LogP contribution in [0.15, 0.2) is 24.4 Å². The van der Waals surface area contributed by atoms with Crippen LogP contribution >= 0.6 is 11.8 Å². The second-order valence-electron chi connectivity index (χ2n) is 3.49. The third-order valence-electron chi connectivity index (χ3n) is 2.44. The van der Waals surface area contributed by atoms with E-state index in [0.29, 0.717) is 5.04 Å². The van der Waals surface area contributed by atoms with Crippen molar-refractivity contribution in [3.05, 3.63) is 35.5 Å². The largest absolute Gasteiger partial charge is 0.361 e. The Morgan fingerprint density at radius 3 is 3.00 bits per heavy atom. The number of hydrogen-bond acceptors (Lipinski definition) is 2. The Kier molecular flexibility index (Phi) is 2.82. The first kappa shape index (κ1) is 10.3. The van der Waals surface area contributed by atoms with Gasteiger partial charge in [0.2, 0.25) is 0 Å². The Bertz CT molecular complexity index is 499. The summed E-state index contributed by atoms with van der Waals surface area (Å²) < 4.78 is 0. The topological polar surface area (TPSA) is 39.6 Å². The molecule has 0 aliphatic heterocycles. The summed E-state index contributed by atoms with van der Waals surface area (Å²) in [6.45, 7) is 4.15. The first-order chi connectivity index (χ1) is 7.22. The summed E-state index contributed by atoms with van der Waals surface area (Å²) in [6, 6.07) is 6.14. The highest BCUT2D eigenvalue weighted by Gasteiger charge is 2.04. The number of nitrogens with one attached hydrogen (secondary N) is 2. The molecule has 2 aromatic rings. The third kappa shape index (κ3) is 1.92. The number of rotatable bonds is 2. The summed E-state index contributed by atoms with van der Waals surface area (Å²) in [7, 11) is 0. The van der Waals surface area contributed by atoms with Crippen LogP contribution < -0.4 is 0 Å². The van der Waals surface area contributed by atoms with E-state index in [1.807, 2.05) is 18.3 Å². The summed E-state index contributed by atoms with van der Waals surface area (Å²) in [5.74, 6) is 0.947. The Hall–Kier alpha value is -1.22. The maximum absolute atomic E-state index is 7.88. The van der Waals surface area contributed by atoms with E-state index in [1.54, 1.807) is 11.8 Å². The summed E-state index contributed by atoms with van der Waals surface area (Å²) in [5.41, 5.74) is 3.39. The number of thioether (sulfide) groups is 1. The second kappa shape index (κ2) is 4.11. The Morgan fingerprint density at radius 1 is 1.47 bits per heavy atom. The van der Waals surface area contributed by atoms with Gasteiger partial charge in [0.25, 0.3) is 0 Å². The minimum atomic E-state index is 0.653. The minimum absolute atomic E-state index is 0.653. The fourth-order valence-corrected chi connectivity index (χ4v) is 2.21. The van der Waals surface area contributed by atoms with Gasteiger partial charge in [0.15, 0.2) is 0 Å². The maximum atomic E-state index is 7.88. The molecule has 3 heteroatoms. The SMILES string of the molecule is CCSC(=N)c1ccc2[nH]cc(C)c2c1. The maximum Gasteiger partial charge on any atom is 0.0942 e. The molecule has 0 saturated heterocycles. The zero-order chi connectivity index (χ0) is 10.8. The number of fused-ring (bicyclic) bond motifs is 1. The van der Waals surface area contributed by atoms with Gasteiger partial charge in [0.05, 0.1) is 5.04 Å². The average Bonchev–Trinajstić information content (AvgIpc) is 2.60. The highest BCUT2D eigenvalue weighted by Crippen LogP contribution is 2.21. The van der Waals surface area contributed by atoms with Gasteiger partial charge in [-0.05, 0) is 30.4 Å². The van der Waals surface area contributed by atoms with E-state index in [4.69, 9.17) is 5.41 Å². The van der Waals surface area contributed by atoms with Gasteiger partial charge in [-0.2, -0.15) is 0 Å². The molecule has 0 atom stereocenters. The molecule has 0 bridgehead atoms. The molecule has 0 saturated carbocycles. The Balaban J connectivity index is 2.45. The summed E-state index contributed by atoms with van der Waals surface area (Å²) in [4.78, 5) is 3.21. The van der Waals surface area contributed by atoms with Crippen LogP contribution in [0.2, 0.25) is 0 Å². The lowest BCUT2D eigenvalue weighted by Crippen LogP contribution is -1.93. The first-order valence-corrected chi connectivity index (χ1v) is 6.00. The molecule has 2 rings (SSSR count). The molecule has 0 amide bonds. The molecule has 15 heavy (non-hydrogen) atoms. The smallest absolute Gasteiger partial charge is 0.0942 e. The molecular formula is C12H14N2S. The zero-order valence-corrected chi connectivity index (χ0v) is 9.74. The van der Waals surface area contributed by atoms with Crippen molar-refractivity contribution in [2.75, 3.05) is 5.75 Å². The van der Waals surface area contributed by atoms with E-state index in [-0.39, 0.29) is 0 Å². The molecule has 0 aliphatic rings. The molecule has 2 N–H and O–H groups in total. The molecule has 0 unspecified atom stereocenters. The number of H-pyrrole nitrogens is 1. The van der Waals surface area contributed by atoms with Crippen molar-refractivity contribution < 1.29 is 0 Å². The Morgan fingerprint density at radius 2 is 2.27 bits per heavy atom. The third-order valence-corrected chi connectivity index (χ3v) is 3.25. The van der Waals surface area contributed by atoms with Crippen LogP contribution in [0.1, 0.15) is 18.1 Å². The van der Waals surface area contributed by atoms with Crippen LogP contribution in [0.5, 0.6) is 0 Å². The van der Waals surface area contributed by atoms with Crippen molar-refractivity contribution in [3.63, 3.8) is 0 Å². The summed E-state index contributed by atoms with van der Waals surface area (Å²) in [6.07, 6.45) is 2.00. The predicted molar refractivity (Wildman–Crippen MR) is 68.0 cm³/mol. The molecular weight excluding hydrogens is 204 g/mol. The van der Waals surface area contributed by atoms with E-state index in [0.717, 1.165) is 16.8 Å². The van der Waals surface area contributed by atoms with Crippen molar-refractivity contribution in [1.82, 2.24) is 4.98 Å². The quantitative estimate of drug-likeness (QED) is 0.587. The van der Waals surface area contributed by atoms with Crippen molar-refractivity contribution >= 4 is 27.7 Å². The van der Waals surface area contributed by atoms with Crippen LogP contribution in [0.4, 0.5) is 0 Å². The fraction of sp³-hybridized carbons (Fsp3) is 0.250. The molecule has 1 aromatic carbocycles. The molecule has 1 heterocycles. The molecule has 0 fully saturated rings. The number of aromatic nitrogens is 1. The van der Waals surface area contributed by atoms with Gasteiger partial charge in [0, 0.05) is 22.7 Å². The van der Waals surface area contributed by atoms with Gasteiger partial charge in [-0.1, -0.05) is 13.0 Å². The molecule has 1 aromatic heterocycles. The van der Waals surface area contributed by atoms with Gasteiger partial charge in [-0.25, -0.2) is 0 Å². The lowest BCUT2D eigenvalue weighted by molar-refractivity contribution is 1.43. The van der Waals surface area contributed by atoms with E-state index in [1.165, 1.54) is 10.9 Å². The molecule has 0 radical (unpaired) electrons. The van der Waals surface area contributed by atoms with E-state index in [2.05, 4.69) is 24.9 Å². The van der Waals surface area contributed by atoms with E-state index >= 15 is 0 Å². The average molecular weight is 218 g/mol. The van der Waals surface area contributed by atoms with Crippen LogP contribution in [0.3, 0.4) is 0 Å². The monoisotopic (exact) mass is 218 g/mol. The molecule has 0 spiro atoms. The van der Waals surface area contributed by atoms with Crippen molar-refractivity contribution in [2.45, 2.75) is 13.8 Å². The minimum Gasteiger partial charge on any atom is -0.361 e. The van der Waals surface area contributed by atoms with Gasteiger partial charge in [-0.3, -0.25) is 5.41 Å². The van der Waals surface area contributed by atoms with E-state index < -0.39 is 0 Å². The van der Waals surface area contributed by atoms with Crippen LogP contribution in [0.25, 0.3) is 10.9 Å². The first-order valence-electron chi connectivity index (χ1n) is 5.02. The highest BCUT2D eigenvalue weighted by atomic mass is 32.2. The van der Waals surface area contributed by atoms with Crippen molar-refractivity contribution in [3.8, 4) is 0 Å². The highest BCUT2D eigenvalue weighted by molar-refractivity contribution is 8.14. The number of aryl methyl sites for hydroxylation is 1. The van der Waals surface area contributed by atoms with Crippen LogP contribution in [-0.2, 0) is 0 Å². The molecule has 0 aliphatic carbocycles. The predicted octanol–water partition coefficient (Wildman–Crippen LogP) is 3.55. The standard InChI is InChI=1S/C12H14N2S/c1-3-15-12(13)9-4-5-11-10(6-9)8(2)7-14-11/h4-7,13-14H,3H2,1-2H3. The summed E-state index contributed by atoms with van der Waals surface area (Å²) >= 11 is 1.57. The summed E-state index contributed by atoms with van der Waals surface area (Å²) in [5, 5.41) is 9.75. The van der Waals surface area contributed by atoms with Crippen molar-refractivity contribution in [2.24, 2.45) is 0 Å². The van der Waals surface area contributed by atoms with Gasteiger partial charge >= 0.3 is 0 Å². The van der Waals surface area contributed by atoms with Crippen molar-refractivity contribution in [1.29, 1.82) is 5.41 Å². The van der Waals surface area contributed by atoms with E-state index in [9.17, 15) is 0 Å². The van der Waals surface area contributed by atoms with Crippen LogP contribution in [-0.4, -0.2) is 15.8 Å². The number of aromatic amines is 1. The lowest BCUT2D eigenvalue weighted by atomic mass is 10.1. The second-order valence-corrected chi connectivity index (χ2v) is 4.77. The fourth-order valence-electron chi connectivity index (χ4n) is 1.63. The normalized spacial score (nSPS) is 10.8. The Labute approximate surface area is 93.6 Å². The van der Waals surface area contributed by atoms with Gasteiger partial charge in [0.1, 0.15) is 0 Å². The lowest BCUT2D eigenvalue weighted by Gasteiger charge is -2.02. The van der Waals surface area contributed by atoms with Gasteiger partial charge < -0.3 is 4.98 Å². The number of benzene rings is 1. The zero-order valence-electron chi connectivity index (χ0n) is 8.92. The molecule has 2 nitrogen and oxygen atoms in total. The van der Waals surface area contributed by atoms with Crippen LogP contribution in [0, 0.1) is 12.3 Å². The van der Waals surface area contributed by atoms with Gasteiger partial charge in [-0.15, -0.1) is 11.8 Å². The number of hydrogen-bond donors (Lipinski definition) is 2. The molecule has 78 valence electrons.